The van der Waals surface area contributed by atoms with E-state index in [2.05, 4.69) is 5.10 Å². The molecule has 6 heteroatoms. The van der Waals surface area contributed by atoms with Crippen LogP contribution in [0, 0.1) is 0 Å². The van der Waals surface area contributed by atoms with Gasteiger partial charge in [-0.15, -0.1) is 0 Å². The van der Waals surface area contributed by atoms with E-state index >= 15 is 0 Å². The molecular formula is C12H22N4O2. The number of hydrogen-bond acceptors (Lipinski definition) is 4. The normalized spacial score (nSPS) is 11.6. The Hall–Kier alpha value is -1.56. The summed E-state index contributed by atoms with van der Waals surface area (Å²) in [5, 5.41) is 13.9. The van der Waals surface area contributed by atoms with Crippen molar-refractivity contribution in [2.45, 2.75) is 39.8 Å². The van der Waals surface area contributed by atoms with Crippen LogP contribution in [0.5, 0.6) is 0 Å². The van der Waals surface area contributed by atoms with Crippen LogP contribution in [0.1, 0.15) is 38.2 Å². The Kier molecular flexibility index (Phi) is 4.34. The van der Waals surface area contributed by atoms with Gasteiger partial charge in [0.15, 0.2) is 5.69 Å². The van der Waals surface area contributed by atoms with Crippen LogP contribution in [0.2, 0.25) is 0 Å². The predicted molar refractivity (Wildman–Crippen MR) is 70.2 cm³/mol. The average molecular weight is 254 g/mol. The molecule has 0 saturated carbocycles. The number of amides is 1. The third-order valence-corrected chi connectivity index (χ3v) is 2.56. The molecule has 3 N–H and O–H groups in total. The molecule has 102 valence electrons. The van der Waals surface area contributed by atoms with E-state index in [4.69, 9.17) is 5.73 Å². The van der Waals surface area contributed by atoms with Crippen LogP contribution in [0.3, 0.4) is 0 Å². The Labute approximate surface area is 107 Å². The second kappa shape index (κ2) is 5.39. The maximum absolute atomic E-state index is 12.3. The fourth-order valence-corrected chi connectivity index (χ4v) is 1.71. The summed E-state index contributed by atoms with van der Waals surface area (Å²) >= 11 is 0. The van der Waals surface area contributed by atoms with E-state index in [1.807, 2.05) is 13.8 Å². The lowest BCUT2D eigenvalue weighted by atomic mass is 10.1. The Bertz CT molecular complexity index is 420. The zero-order valence-corrected chi connectivity index (χ0v) is 11.5. The summed E-state index contributed by atoms with van der Waals surface area (Å²) in [5.41, 5.74) is 5.47. The Morgan fingerprint density at radius 3 is 2.56 bits per heavy atom. The largest absolute Gasteiger partial charge is 0.396 e. The second-order valence-electron chi connectivity index (χ2n) is 4.92. The number of carbonyl (C=O) groups is 1. The molecule has 0 saturated heterocycles. The van der Waals surface area contributed by atoms with Crippen molar-refractivity contribution in [2.75, 3.05) is 18.8 Å². The molecule has 0 bridgehead atoms. The van der Waals surface area contributed by atoms with Crippen LogP contribution < -0.4 is 5.73 Å². The smallest absolute Gasteiger partial charge is 0.276 e. The lowest BCUT2D eigenvalue weighted by Crippen LogP contribution is -2.42. The fraction of sp³-hybridized carbons (Fsp3) is 0.667. The number of nitrogens with two attached hydrogens (primary N) is 1. The van der Waals surface area contributed by atoms with Gasteiger partial charge in [-0.1, -0.05) is 0 Å². The molecule has 1 aromatic heterocycles. The zero-order chi connectivity index (χ0) is 13.9. The van der Waals surface area contributed by atoms with E-state index in [0.29, 0.717) is 18.8 Å². The zero-order valence-electron chi connectivity index (χ0n) is 11.5. The first-order chi connectivity index (χ1) is 8.28. The van der Waals surface area contributed by atoms with E-state index < -0.39 is 5.60 Å². The third kappa shape index (κ3) is 3.46. The SMILES string of the molecule is CCN(CC(C)(C)O)C(=O)c1nn(CC)cc1N. The van der Waals surface area contributed by atoms with E-state index in [1.165, 1.54) is 0 Å². The molecule has 0 aliphatic carbocycles. The maximum atomic E-state index is 12.3. The standard InChI is InChI=1S/C12H22N4O2/c1-5-15(8-12(3,4)18)11(17)10-9(13)7-16(6-2)14-10/h7,18H,5-6,8,13H2,1-4H3. The number of aromatic nitrogens is 2. The molecule has 18 heavy (non-hydrogen) atoms. The topological polar surface area (TPSA) is 84.4 Å². The molecular weight excluding hydrogens is 232 g/mol. The van der Waals surface area contributed by atoms with Gasteiger partial charge in [0.25, 0.3) is 5.91 Å². The highest BCUT2D eigenvalue weighted by Gasteiger charge is 2.25. The number of hydrogen-bond donors (Lipinski definition) is 2. The third-order valence-electron chi connectivity index (χ3n) is 2.56. The van der Waals surface area contributed by atoms with Crippen LogP contribution in [0.4, 0.5) is 5.69 Å². The van der Waals surface area contributed by atoms with Gasteiger partial charge in [0.05, 0.1) is 11.3 Å². The van der Waals surface area contributed by atoms with E-state index in [9.17, 15) is 9.90 Å². The summed E-state index contributed by atoms with van der Waals surface area (Å²) in [6.45, 7) is 8.52. The van der Waals surface area contributed by atoms with Crippen molar-refractivity contribution in [3.63, 3.8) is 0 Å². The highest BCUT2D eigenvalue weighted by Crippen LogP contribution is 2.14. The van der Waals surface area contributed by atoms with E-state index in [-0.39, 0.29) is 18.1 Å². The maximum Gasteiger partial charge on any atom is 0.276 e. The highest BCUT2D eigenvalue weighted by molar-refractivity contribution is 5.97. The predicted octanol–water partition coefficient (Wildman–Crippen LogP) is 0.718. The van der Waals surface area contributed by atoms with Crippen LogP contribution in [0.15, 0.2) is 6.20 Å². The number of rotatable bonds is 5. The number of likely N-dealkylation sites (N-methyl/N-ethyl adjacent to an activating group) is 1. The van der Waals surface area contributed by atoms with Gasteiger partial charge in [-0.3, -0.25) is 9.48 Å². The molecule has 0 spiro atoms. The second-order valence-corrected chi connectivity index (χ2v) is 4.92. The number of carbonyl (C=O) groups excluding carboxylic acids is 1. The van der Waals surface area contributed by atoms with Crippen LogP contribution in [-0.2, 0) is 6.54 Å². The number of aliphatic hydroxyl groups is 1. The number of aryl methyl sites for hydroxylation is 1. The van der Waals surface area contributed by atoms with Crippen molar-refractivity contribution in [1.29, 1.82) is 0 Å². The molecule has 0 aromatic carbocycles. The molecule has 1 rings (SSSR count). The molecule has 6 nitrogen and oxygen atoms in total. The summed E-state index contributed by atoms with van der Waals surface area (Å²) in [4.78, 5) is 13.8. The van der Waals surface area contributed by atoms with Gasteiger partial charge < -0.3 is 15.7 Å². The molecule has 0 aliphatic heterocycles. The average Bonchev–Trinajstić information content (AvgIpc) is 2.65. The van der Waals surface area contributed by atoms with Gasteiger partial charge >= 0.3 is 0 Å². The number of nitrogens with zero attached hydrogens (tertiary/aromatic N) is 3. The van der Waals surface area contributed by atoms with Crippen molar-refractivity contribution in [3.05, 3.63) is 11.9 Å². The summed E-state index contributed by atoms with van der Waals surface area (Å²) in [7, 11) is 0. The highest BCUT2D eigenvalue weighted by atomic mass is 16.3. The lowest BCUT2D eigenvalue weighted by molar-refractivity contribution is 0.0311. The van der Waals surface area contributed by atoms with Crippen molar-refractivity contribution < 1.29 is 9.90 Å². The Morgan fingerprint density at radius 1 is 1.56 bits per heavy atom. The number of anilines is 1. The molecule has 1 aromatic rings. The first kappa shape index (κ1) is 14.5. The molecule has 0 atom stereocenters. The van der Waals surface area contributed by atoms with Crippen molar-refractivity contribution in [2.24, 2.45) is 0 Å². The quantitative estimate of drug-likeness (QED) is 0.810. The van der Waals surface area contributed by atoms with Gasteiger partial charge in [0, 0.05) is 25.8 Å². The minimum absolute atomic E-state index is 0.246. The minimum atomic E-state index is -0.937. The Morgan fingerprint density at radius 2 is 2.17 bits per heavy atom. The first-order valence-electron chi connectivity index (χ1n) is 6.13. The molecule has 0 aliphatic rings. The van der Waals surface area contributed by atoms with Gasteiger partial charge in [0.2, 0.25) is 0 Å². The number of nitrogen functional groups attached to an aromatic ring is 1. The van der Waals surface area contributed by atoms with Crippen molar-refractivity contribution in [1.82, 2.24) is 14.7 Å². The van der Waals surface area contributed by atoms with Crippen molar-refractivity contribution in [3.8, 4) is 0 Å². The van der Waals surface area contributed by atoms with Gasteiger partial charge in [-0.2, -0.15) is 5.10 Å². The molecule has 0 unspecified atom stereocenters. The van der Waals surface area contributed by atoms with E-state index in [0.717, 1.165) is 0 Å². The summed E-state index contributed by atoms with van der Waals surface area (Å²) in [5.74, 6) is -0.246. The molecule has 1 heterocycles. The summed E-state index contributed by atoms with van der Waals surface area (Å²) in [6, 6.07) is 0. The van der Waals surface area contributed by atoms with Gasteiger partial charge in [0.1, 0.15) is 0 Å². The Balaban J connectivity index is 2.93. The molecule has 1 amide bonds. The summed E-state index contributed by atoms with van der Waals surface area (Å²) in [6.07, 6.45) is 1.64. The fourth-order valence-electron chi connectivity index (χ4n) is 1.71. The monoisotopic (exact) mass is 254 g/mol. The molecule has 0 fully saturated rings. The van der Waals surface area contributed by atoms with E-state index in [1.54, 1.807) is 29.6 Å². The summed E-state index contributed by atoms with van der Waals surface area (Å²) < 4.78 is 1.63. The lowest BCUT2D eigenvalue weighted by Gasteiger charge is -2.27. The first-order valence-corrected chi connectivity index (χ1v) is 6.13. The molecule has 0 radical (unpaired) electrons. The van der Waals surface area contributed by atoms with Crippen molar-refractivity contribution >= 4 is 11.6 Å². The van der Waals surface area contributed by atoms with Crippen LogP contribution in [-0.4, -0.2) is 44.4 Å². The van der Waals surface area contributed by atoms with Crippen LogP contribution >= 0.6 is 0 Å². The van der Waals surface area contributed by atoms with Gasteiger partial charge in [-0.05, 0) is 27.7 Å². The minimum Gasteiger partial charge on any atom is -0.396 e. The van der Waals surface area contributed by atoms with Crippen LogP contribution in [0.25, 0.3) is 0 Å². The van der Waals surface area contributed by atoms with Gasteiger partial charge in [-0.25, -0.2) is 0 Å².